The molecule has 1 heterocycles. The van der Waals surface area contributed by atoms with E-state index in [0.29, 0.717) is 28.8 Å². The van der Waals surface area contributed by atoms with Crippen LogP contribution < -0.4 is 14.8 Å². The molecule has 0 bridgehead atoms. The predicted octanol–water partition coefficient (Wildman–Crippen LogP) is 3.93. The zero-order valence-corrected chi connectivity index (χ0v) is 15.1. The average molecular weight is 349 g/mol. The first-order valence-corrected chi connectivity index (χ1v) is 8.94. The van der Waals surface area contributed by atoms with Crippen LogP contribution in [-0.4, -0.2) is 29.8 Å². The fraction of sp³-hybridized carbons (Fsp3) is 0.471. The van der Waals surface area contributed by atoms with E-state index in [1.165, 1.54) is 11.3 Å². The zero-order valence-electron chi connectivity index (χ0n) is 14.3. The van der Waals surface area contributed by atoms with Gasteiger partial charge in [0.05, 0.1) is 13.7 Å². The summed E-state index contributed by atoms with van der Waals surface area (Å²) in [6.07, 6.45) is 3.90. The van der Waals surface area contributed by atoms with Gasteiger partial charge in [0, 0.05) is 12.0 Å². The van der Waals surface area contributed by atoms with Crippen LogP contribution in [0.5, 0.6) is 11.5 Å². The Hall–Kier alpha value is -2.15. The molecule has 1 N–H and O–H groups in total. The third-order valence-electron chi connectivity index (χ3n) is 3.33. The van der Waals surface area contributed by atoms with E-state index in [-0.39, 0.29) is 5.91 Å². The number of aromatic nitrogens is 2. The fourth-order valence-corrected chi connectivity index (χ4v) is 2.88. The number of nitrogens with one attached hydrogen (secondary N) is 1. The van der Waals surface area contributed by atoms with Crippen LogP contribution in [0.15, 0.2) is 18.2 Å². The van der Waals surface area contributed by atoms with Crippen LogP contribution >= 0.6 is 11.3 Å². The summed E-state index contributed by atoms with van der Waals surface area (Å²) in [5, 5.41) is 12.2. The maximum Gasteiger partial charge on any atom is 0.257 e. The summed E-state index contributed by atoms with van der Waals surface area (Å²) in [5.41, 5.74) is 0.488. The van der Waals surface area contributed by atoms with Gasteiger partial charge >= 0.3 is 0 Å². The molecule has 1 amide bonds. The molecular formula is C17H23N3O3S. The Morgan fingerprint density at radius 1 is 1.21 bits per heavy atom. The van der Waals surface area contributed by atoms with Gasteiger partial charge in [-0.2, -0.15) is 0 Å². The first kappa shape index (κ1) is 18.2. The highest BCUT2D eigenvalue weighted by atomic mass is 32.1. The summed E-state index contributed by atoms with van der Waals surface area (Å²) in [4.78, 5) is 12.4. The van der Waals surface area contributed by atoms with Crippen molar-refractivity contribution in [3.63, 3.8) is 0 Å². The average Bonchev–Trinajstić information content (AvgIpc) is 3.02. The molecule has 0 aliphatic carbocycles. The highest BCUT2D eigenvalue weighted by Gasteiger charge is 2.13. The Morgan fingerprint density at radius 3 is 2.75 bits per heavy atom. The second-order valence-electron chi connectivity index (χ2n) is 5.27. The smallest absolute Gasteiger partial charge is 0.257 e. The van der Waals surface area contributed by atoms with Gasteiger partial charge in [-0.25, -0.2) is 0 Å². The SMILES string of the molecule is CCCCOc1ccc(C(=O)Nc2nnc(CCC)s2)cc1OC. The Labute approximate surface area is 146 Å². The van der Waals surface area contributed by atoms with Crippen LogP contribution in [0, 0.1) is 0 Å². The van der Waals surface area contributed by atoms with Crippen LogP contribution in [0.25, 0.3) is 0 Å². The molecule has 0 aliphatic heterocycles. The van der Waals surface area contributed by atoms with Crippen LogP contribution in [0.3, 0.4) is 0 Å². The van der Waals surface area contributed by atoms with E-state index < -0.39 is 0 Å². The lowest BCUT2D eigenvalue weighted by Crippen LogP contribution is -2.12. The number of carbonyl (C=O) groups is 1. The maximum atomic E-state index is 12.4. The quantitative estimate of drug-likeness (QED) is 0.694. The third kappa shape index (κ3) is 4.92. The van der Waals surface area contributed by atoms with Crippen molar-refractivity contribution in [1.82, 2.24) is 10.2 Å². The Bertz CT molecular complexity index is 673. The number of ether oxygens (including phenoxy) is 2. The topological polar surface area (TPSA) is 73.3 Å². The van der Waals surface area contributed by atoms with E-state index in [2.05, 4.69) is 29.4 Å². The van der Waals surface area contributed by atoms with E-state index in [4.69, 9.17) is 9.47 Å². The molecule has 0 saturated carbocycles. The molecule has 0 aliphatic rings. The highest BCUT2D eigenvalue weighted by Crippen LogP contribution is 2.29. The number of anilines is 1. The van der Waals surface area contributed by atoms with Gasteiger partial charge in [-0.3, -0.25) is 10.1 Å². The predicted molar refractivity (Wildman–Crippen MR) is 95.3 cm³/mol. The van der Waals surface area contributed by atoms with Crippen molar-refractivity contribution in [2.45, 2.75) is 39.5 Å². The molecule has 130 valence electrons. The number of benzene rings is 1. The van der Waals surface area contributed by atoms with Gasteiger partial charge in [-0.05, 0) is 31.0 Å². The Morgan fingerprint density at radius 2 is 2.04 bits per heavy atom. The number of nitrogens with zero attached hydrogens (tertiary/aromatic N) is 2. The van der Waals surface area contributed by atoms with Gasteiger partial charge in [-0.1, -0.05) is 31.6 Å². The fourth-order valence-electron chi connectivity index (χ4n) is 2.04. The molecule has 2 aromatic rings. The molecule has 0 unspecified atom stereocenters. The van der Waals surface area contributed by atoms with Crippen LogP contribution in [0.2, 0.25) is 0 Å². The standard InChI is InChI=1S/C17H23N3O3S/c1-4-6-10-23-13-9-8-12(11-14(13)22-3)16(21)18-17-20-19-15(24-17)7-5-2/h8-9,11H,4-7,10H2,1-3H3,(H,18,20,21). The van der Waals surface area contributed by atoms with Crippen molar-refractivity contribution in [2.24, 2.45) is 0 Å². The van der Waals surface area contributed by atoms with Crippen LogP contribution in [0.1, 0.15) is 48.5 Å². The highest BCUT2D eigenvalue weighted by molar-refractivity contribution is 7.15. The second kappa shape index (κ2) is 9.22. The van der Waals surface area contributed by atoms with Gasteiger partial charge in [-0.15, -0.1) is 10.2 Å². The van der Waals surface area contributed by atoms with Gasteiger partial charge < -0.3 is 9.47 Å². The number of methoxy groups -OCH3 is 1. The van der Waals surface area contributed by atoms with Gasteiger partial charge in [0.2, 0.25) is 5.13 Å². The minimum atomic E-state index is -0.243. The molecule has 0 radical (unpaired) electrons. The van der Waals surface area contributed by atoms with E-state index in [9.17, 15) is 4.79 Å². The molecule has 6 nitrogen and oxygen atoms in total. The van der Waals surface area contributed by atoms with E-state index in [1.807, 2.05) is 0 Å². The lowest BCUT2D eigenvalue weighted by molar-refractivity contribution is 0.102. The lowest BCUT2D eigenvalue weighted by Gasteiger charge is -2.11. The first-order valence-electron chi connectivity index (χ1n) is 8.12. The molecule has 0 fully saturated rings. The van der Waals surface area contributed by atoms with E-state index in [1.54, 1.807) is 25.3 Å². The van der Waals surface area contributed by atoms with Crippen molar-refractivity contribution in [3.8, 4) is 11.5 Å². The van der Waals surface area contributed by atoms with Gasteiger partial charge in [0.15, 0.2) is 11.5 Å². The van der Waals surface area contributed by atoms with Crippen molar-refractivity contribution in [2.75, 3.05) is 19.0 Å². The van der Waals surface area contributed by atoms with Gasteiger partial charge in [0.1, 0.15) is 5.01 Å². The van der Waals surface area contributed by atoms with Gasteiger partial charge in [0.25, 0.3) is 5.91 Å². The van der Waals surface area contributed by atoms with Crippen LogP contribution in [0.4, 0.5) is 5.13 Å². The minimum Gasteiger partial charge on any atom is -0.493 e. The molecule has 1 aromatic heterocycles. The Balaban J connectivity index is 2.05. The van der Waals surface area contributed by atoms with E-state index >= 15 is 0 Å². The molecule has 0 spiro atoms. The monoisotopic (exact) mass is 349 g/mol. The van der Waals surface area contributed by atoms with Crippen molar-refractivity contribution >= 4 is 22.4 Å². The summed E-state index contributed by atoms with van der Waals surface area (Å²) < 4.78 is 11.0. The number of rotatable bonds is 9. The summed E-state index contributed by atoms with van der Waals surface area (Å²) in [7, 11) is 1.56. The van der Waals surface area contributed by atoms with Crippen molar-refractivity contribution in [3.05, 3.63) is 28.8 Å². The molecule has 24 heavy (non-hydrogen) atoms. The summed E-state index contributed by atoms with van der Waals surface area (Å²) >= 11 is 1.40. The normalized spacial score (nSPS) is 10.5. The Kier molecular flexibility index (Phi) is 6.99. The first-order chi connectivity index (χ1) is 11.7. The van der Waals surface area contributed by atoms with E-state index in [0.717, 1.165) is 30.7 Å². The van der Waals surface area contributed by atoms with Crippen LogP contribution in [-0.2, 0) is 6.42 Å². The van der Waals surface area contributed by atoms with Crippen molar-refractivity contribution < 1.29 is 14.3 Å². The number of unbranched alkanes of at least 4 members (excludes halogenated alkanes) is 1. The lowest BCUT2D eigenvalue weighted by atomic mass is 10.2. The third-order valence-corrected chi connectivity index (χ3v) is 4.23. The molecule has 1 aromatic carbocycles. The molecular weight excluding hydrogens is 326 g/mol. The molecule has 0 saturated heterocycles. The number of aryl methyl sites for hydroxylation is 1. The second-order valence-corrected chi connectivity index (χ2v) is 6.33. The number of hydrogen-bond acceptors (Lipinski definition) is 6. The largest absolute Gasteiger partial charge is 0.493 e. The zero-order chi connectivity index (χ0) is 17.4. The number of amides is 1. The van der Waals surface area contributed by atoms with Crippen molar-refractivity contribution in [1.29, 1.82) is 0 Å². The maximum absolute atomic E-state index is 12.4. The number of hydrogen-bond donors (Lipinski definition) is 1. The molecule has 7 heteroatoms. The molecule has 0 atom stereocenters. The summed E-state index contributed by atoms with van der Waals surface area (Å²) in [6, 6.07) is 5.14. The summed E-state index contributed by atoms with van der Waals surface area (Å²) in [5.74, 6) is 0.943. The molecule has 2 rings (SSSR count). The number of carbonyl (C=O) groups excluding carboxylic acids is 1. The summed E-state index contributed by atoms with van der Waals surface area (Å²) in [6.45, 7) is 4.81. The minimum absolute atomic E-state index is 0.243.